The first-order chi connectivity index (χ1) is 5.84. The summed E-state index contributed by atoms with van der Waals surface area (Å²) in [6.07, 6.45) is 2.75. The molecule has 1 aliphatic heterocycles. The van der Waals surface area contributed by atoms with Crippen molar-refractivity contribution in [3.05, 3.63) is 0 Å². The number of nitrogens with one attached hydrogen (secondary N) is 1. The maximum absolute atomic E-state index is 11.4. The van der Waals surface area contributed by atoms with Crippen LogP contribution in [0.25, 0.3) is 0 Å². The van der Waals surface area contributed by atoms with E-state index < -0.39 is 0 Å². The molecule has 0 aromatic carbocycles. The molecular formula is C9H17NO2. The smallest absolute Gasteiger partial charge is 0.139 e. The molecule has 3 nitrogen and oxygen atoms in total. The number of rotatable bonds is 4. The van der Waals surface area contributed by atoms with Crippen LogP contribution >= 0.6 is 0 Å². The van der Waals surface area contributed by atoms with Crippen LogP contribution in [0.4, 0.5) is 0 Å². The topological polar surface area (TPSA) is 38.3 Å². The van der Waals surface area contributed by atoms with E-state index in [1.807, 2.05) is 0 Å². The van der Waals surface area contributed by atoms with Crippen LogP contribution < -0.4 is 5.32 Å². The van der Waals surface area contributed by atoms with Crippen molar-refractivity contribution in [1.29, 1.82) is 0 Å². The Bertz CT molecular complexity index is 141. The molecule has 1 heterocycles. The first kappa shape index (κ1) is 9.68. The van der Waals surface area contributed by atoms with Gasteiger partial charge in [-0.1, -0.05) is 0 Å². The summed E-state index contributed by atoms with van der Waals surface area (Å²) in [7, 11) is 1.63. The monoisotopic (exact) mass is 171 g/mol. The van der Waals surface area contributed by atoms with Gasteiger partial charge in [0.2, 0.25) is 0 Å². The number of Topliss-reactive ketones (excluding diaryl/α,β-unsaturated/α-hetero) is 1. The van der Waals surface area contributed by atoms with Gasteiger partial charge in [-0.3, -0.25) is 4.79 Å². The van der Waals surface area contributed by atoms with E-state index in [1.54, 1.807) is 7.11 Å². The fraction of sp³-hybridized carbons (Fsp3) is 0.889. The average molecular weight is 171 g/mol. The minimum absolute atomic E-state index is 0.244. The van der Waals surface area contributed by atoms with Crippen LogP contribution in [0, 0.1) is 5.92 Å². The Balaban J connectivity index is 2.20. The predicted octanol–water partition coefficient (Wildman–Crippen LogP) is 0.592. The first-order valence-electron chi connectivity index (χ1n) is 4.57. The van der Waals surface area contributed by atoms with Crippen LogP contribution in [0.2, 0.25) is 0 Å². The third-order valence-electron chi connectivity index (χ3n) is 2.30. The molecule has 0 radical (unpaired) electrons. The standard InChI is InChI=1S/C9H17NO2/c1-12-6-4-9(11)8-3-2-5-10-7-8/h8,10H,2-7H2,1H3. The minimum Gasteiger partial charge on any atom is -0.384 e. The fourth-order valence-corrected chi connectivity index (χ4v) is 1.53. The van der Waals surface area contributed by atoms with E-state index in [2.05, 4.69) is 5.32 Å². The molecule has 1 N–H and O–H groups in total. The van der Waals surface area contributed by atoms with Crippen LogP contribution in [-0.4, -0.2) is 32.6 Å². The summed E-state index contributed by atoms with van der Waals surface area (Å²) in [5.41, 5.74) is 0. The lowest BCUT2D eigenvalue weighted by Gasteiger charge is -2.21. The Kier molecular flexibility index (Phi) is 4.25. The highest BCUT2D eigenvalue weighted by Crippen LogP contribution is 2.12. The van der Waals surface area contributed by atoms with Gasteiger partial charge in [0.05, 0.1) is 6.61 Å². The van der Waals surface area contributed by atoms with Crippen LogP contribution in [0.1, 0.15) is 19.3 Å². The Morgan fingerprint density at radius 1 is 1.67 bits per heavy atom. The molecule has 0 bridgehead atoms. The van der Waals surface area contributed by atoms with Crippen LogP contribution in [-0.2, 0) is 9.53 Å². The van der Waals surface area contributed by atoms with Crippen molar-refractivity contribution in [2.75, 3.05) is 26.8 Å². The Labute approximate surface area is 73.5 Å². The summed E-state index contributed by atoms with van der Waals surface area (Å²) < 4.78 is 4.86. The molecule has 1 aliphatic rings. The van der Waals surface area contributed by atoms with Crippen molar-refractivity contribution in [3.8, 4) is 0 Å². The van der Waals surface area contributed by atoms with Gasteiger partial charge < -0.3 is 10.1 Å². The van der Waals surface area contributed by atoms with Crippen LogP contribution in [0.5, 0.6) is 0 Å². The second-order valence-corrected chi connectivity index (χ2v) is 3.25. The molecule has 12 heavy (non-hydrogen) atoms. The van der Waals surface area contributed by atoms with Gasteiger partial charge >= 0.3 is 0 Å². The molecule has 1 saturated heterocycles. The Morgan fingerprint density at radius 2 is 2.50 bits per heavy atom. The third kappa shape index (κ3) is 2.91. The quantitative estimate of drug-likeness (QED) is 0.673. The molecule has 0 spiro atoms. The Hall–Kier alpha value is -0.410. The second-order valence-electron chi connectivity index (χ2n) is 3.25. The van der Waals surface area contributed by atoms with E-state index >= 15 is 0 Å². The van der Waals surface area contributed by atoms with Gasteiger partial charge in [0.15, 0.2) is 0 Å². The molecule has 1 atom stereocenters. The van der Waals surface area contributed by atoms with Gasteiger partial charge in [0.1, 0.15) is 5.78 Å². The lowest BCUT2D eigenvalue weighted by Crippen LogP contribution is -2.34. The summed E-state index contributed by atoms with van der Waals surface area (Å²) in [5.74, 6) is 0.595. The highest BCUT2D eigenvalue weighted by Gasteiger charge is 2.19. The summed E-state index contributed by atoms with van der Waals surface area (Å²) in [6, 6.07) is 0. The zero-order valence-corrected chi connectivity index (χ0v) is 7.64. The number of carbonyl (C=O) groups is 1. The van der Waals surface area contributed by atoms with Crippen molar-refractivity contribution in [1.82, 2.24) is 5.32 Å². The van der Waals surface area contributed by atoms with Gasteiger partial charge in [0.25, 0.3) is 0 Å². The average Bonchev–Trinajstić information content (AvgIpc) is 2.15. The molecule has 0 amide bonds. The van der Waals surface area contributed by atoms with Gasteiger partial charge in [-0.05, 0) is 19.4 Å². The van der Waals surface area contributed by atoms with E-state index in [0.717, 1.165) is 25.9 Å². The van der Waals surface area contributed by atoms with Crippen LogP contribution in [0.3, 0.4) is 0 Å². The lowest BCUT2D eigenvalue weighted by atomic mass is 9.94. The lowest BCUT2D eigenvalue weighted by molar-refractivity contribution is -0.124. The number of ketones is 1. The van der Waals surface area contributed by atoms with Gasteiger partial charge in [-0.15, -0.1) is 0 Å². The van der Waals surface area contributed by atoms with E-state index in [9.17, 15) is 4.79 Å². The first-order valence-corrected chi connectivity index (χ1v) is 4.57. The van der Waals surface area contributed by atoms with Crippen molar-refractivity contribution in [2.45, 2.75) is 19.3 Å². The van der Waals surface area contributed by atoms with Gasteiger partial charge in [-0.2, -0.15) is 0 Å². The largest absolute Gasteiger partial charge is 0.384 e. The zero-order chi connectivity index (χ0) is 8.81. The summed E-state index contributed by atoms with van der Waals surface area (Å²) in [4.78, 5) is 11.4. The maximum atomic E-state index is 11.4. The molecule has 0 saturated carbocycles. The SMILES string of the molecule is COCCC(=O)C1CCCNC1. The van der Waals surface area contributed by atoms with Crippen molar-refractivity contribution in [3.63, 3.8) is 0 Å². The molecule has 1 rings (SSSR count). The van der Waals surface area contributed by atoms with Gasteiger partial charge in [-0.25, -0.2) is 0 Å². The molecule has 1 fully saturated rings. The number of methoxy groups -OCH3 is 1. The van der Waals surface area contributed by atoms with Crippen LogP contribution in [0.15, 0.2) is 0 Å². The zero-order valence-electron chi connectivity index (χ0n) is 7.64. The van der Waals surface area contributed by atoms with Gasteiger partial charge in [0, 0.05) is 26.0 Å². The predicted molar refractivity (Wildman–Crippen MR) is 47.1 cm³/mol. The Morgan fingerprint density at radius 3 is 3.08 bits per heavy atom. The molecular weight excluding hydrogens is 154 g/mol. The van der Waals surface area contributed by atoms with E-state index in [4.69, 9.17) is 4.74 Å². The fourth-order valence-electron chi connectivity index (χ4n) is 1.53. The molecule has 0 aliphatic carbocycles. The summed E-state index contributed by atoms with van der Waals surface area (Å²) in [5, 5.41) is 3.23. The number of hydrogen-bond donors (Lipinski definition) is 1. The van der Waals surface area contributed by atoms with Crippen molar-refractivity contribution < 1.29 is 9.53 Å². The van der Waals surface area contributed by atoms with E-state index in [0.29, 0.717) is 18.8 Å². The number of ether oxygens (including phenoxy) is 1. The highest BCUT2D eigenvalue weighted by molar-refractivity contribution is 5.81. The summed E-state index contributed by atoms with van der Waals surface area (Å²) >= 11 is 0. The minimum atomic E-state index is 0.244. The number of piperidine rings is 1. The molecule has 70 valence electrons. The third-order valence-corrected chi connectivity index (χ3v) is 2.30. The van der Waals surface area contributed by atoms with E-state index in [-0.39, 0.29) is 5.92 Å². The maximum Gasteiger partial charge on any atom is 0.139 e. The number of hydrogen-bond acceptors (Lipinski definition) is 3. The van der Waals surface area contributed by atoms with E-state index in [1.165, 1.54) is 0 Å². The molecule has 3 heteroatoms. The van der Waals surface area contributed by atoms with Crippen molar-refractivity contribution >= 4 is 5.78 Å². The van der Waals surface area contributed by atoms with Crippen molar-refractivity contribution in [2.24, 2.45) is 5.92 Å². The molecule has 0 aromatic heterocycles. The highest BCUT2D eigenvalue weighted by atomic mass is 16.5. The molecule has 0 aromatic rings. The summed E-state index contributed by atoms with van der Waals surface area (Å²) in [6.45, 7) is 2.49. The molecule has 1 unspecified atom stereocenters. The normalized spacial score (nSPS) is 23.9. The number of carbonyl (C=O) groups excluding carboxylic acids is 1. The second kappa shape index (κ2) is 5.27.